The summed E-state index contributed by atoms with van der Waals surface area (Å²) in [7, 11) is 0. The number of aliphatic imine (C=N–C) groups is 1. The SMILES string of the molecule is CCOC1=NC(C2CC(=O)N(c3ccccc3)C2=O)c2ccccc21. The van der Waals surface area contributed by atoms with Crippen LogP contribution in [0.2, 0.25) is 0 Å². The molecule has 0 bridgehead atoms. The summed E-state index contributed by atoms with van der Waals surface area (Å²) in [4.78, 5) is 31.4. The molecule has 5 nitrogen and oxygen atoms in total. The number of hydrogen-bond donors (Lipinski definition) is 0. The van der Waals surface area contributed by atoms with Gasteiger partial charge in [0.05, 0.1) is 24.3 Å². The van der Waals surface area contributed by atoms with E-state index >= 15 is 0 Å². The Bertz CT molecular complexity index is 860. The van der Waals surface area contributed by atoms with Crippen molar-refractivity contribution < 1.29 is 14.3 Å². The lowest BCUT2D eigenvalue weighted by Crippen LogP contribution is -2.31. The summed E-state index contributed by atoms with van der Waals surface area (Å²) in [5.74, 6) is -0.315. The molecule has 2 atom stereocenters. The quantitative estimate of drug-likeness (QED) is 0.811. The van der Waals surface area contributed by atoms with Crippen molar-refractivity contribution in [3.05, 3.63) is 65.7 Å². The molecule has 0 aromatic heterocycles. The van der Waals surface area contributed by atoms with Gasteiger partial charge in [-0.3, -0.25) is 14.5 Å². The summed E-state index contributed by atoms with van der Waals surface area (Å²) < 4.78 is 5.63. The molecule has 5 heteroatoms. The fourth-order valence-electron chi connectivity index (χ4n) is 3.52. The molecule has 2 aromatic carbocycles. The Morgan fingerprint density at radius 3 is 2.56 bits per heavy atom. The minimum Gasteiger partial charge on any atom is -0.478 e. The second-order valence-electron chi connectivity index (χ2n) is 6.11. The molecule has 126 valence electrons. The number of nitrogens with zero attached hydrogens (tertiary/aromatic N) is 2. The third-order valence-corrected chi connectivity index (χ3v) is 4.62. The number of amides is 2. The van der Waals surface area contributed by atoms with Gasteiger partial charge in [0, 0.05) is 12.0 Å². The number of benzene rings is 2. The van der Waals surface area contributed by atoms with Gasteiger partial charge >= 0.3 is 0 Å². The second kappa shape index (κ2) is 6.16. The Labute approximate surface area is 145 Å². The number of para-hydroxylation sites is 1. The van der Waals surface area contributed by atoms with Crippen LogP contribution >= 0.6 is 0 Å². The van der Waals surface area contributed by atoms with Crippen LogP contribution in [-0.4, -0.2) is 24.3 Å². The van der Waals surface area contributed by atoms with E-state index in [4.69, 9.17) is 4.74 Å². The highest BCUT2D eigenvalue weighted by Gasteiger charge is 2.46. The molecule has 2 amide bonds. The number of ether oxygens (including phenoxy) is 1. The first kappa shape index (κ1) is 15.6. The zero-order valence-electron chi connectivity index (χ0n) is 13.9. The molecule has 2 unspecified atom stereocenters. The fraction of sp³-hybridized carbons (Fsp3) is 0.250. The van der Waals surface area contributed by atoms with Crippen LogP contribution in [0.1, 0.15) is 30.5 Å². The lowest BCUT2D eigenvalue weighted by atomic mass is 9.91. The monoisotopic (exact) mass is 334 g/mol. The van der Waals surface area contributed by atoms with Crippen molar-refractivity contribution in [2.45, 2.75) is 19.4 Å². The van der Waals surface area contributed by atoms with E-state index in [0.29, 0.717) is 18.2 Å². The molecule has 1 fully saturated rings. The third-order valence-electron chi connectivity index (χ3n) is 4.62. The van der Waals surface area contributed by atoms with Crippen LogP contribution in [-0.2, 0) is 14.3 Å². The summed E-state index contributed by atoms with van der Waals surface area (Å²) in [6.07, 6.45) is 0.162. The number of hydrogen-bond acceptors (Lipinski definition) is 4. The Morgan fingerprint density at radius 1 is 1.08 bits per heavy atom. The van der Waals surface area contributed by atoms with E-state index in [1.165, 1.54) is 4.90 Å². The summed E-state index contributed by atoms with van der Waals surface area (Å²) in [6.45, 7) is 2.41. The predicted molar refractivity (Wildman–Crippen MR) is 94.4 cm³/mol. The minimum absolute atomic E-state index is 0.162. The fourth-order valence-corrected chi connectivity index (χ4v) is 3.52. The van der Waals surface area contributed by atoms with Crippen LogP contribution in [0.4, 0.5) is 5.69 Å². The number of carbonyl (C=O) groups excluding carboxylic acids is 2. The van der Waals surface area contributed by atoms with Crippen LogP contribution in [0.25, 0.3) is 0 Å². The summed E-state index contributed by atoms with van der Waals surface area (Å²) in [6, 6.07) is 16.4. The van der Waals surface area contributed by atoms with E-state index in [9.17, 15) is 9.59 Å². The van der Waals surface area contributed by atoms with Gasteiger partial charge in [0.25, 0.3) is 0 Å². The maximum Gasteiger partial charge on any atom is 0.239 e. The first-order valence-corrected chi connectivity index (χ1v) is 8.42. The summed E-state index contributed by atoms with van der Waals surface area (Å²) in [5.41, 5.74) is 2.47. The highest BCUT2D eigenvalue weighted by Crippen LogP contribution is 2.41. The van der Waals surface area contributed by atoms with Crippen molar-refractivity contribution in [3.8, 4) is 0 Å². The highest BCUT2D eigenvalue weighted by molar-refractivity contribution is 6.21. The molecule has 0 spiro atoms. The number of carbonyl (C=O) groups is 2. The minimum atomic E-state index is -0.494. The molecular weight excluding hydrogens is 316 g/mol. The maximum atomic E-state index is 13.0. The van der Waals surface area contributed by atoms with Gasteiger partial charge in [-0.15, -0.1) is 0 Å². The van der Waals surface area contributed by atoms with Gasteiger partial charge < -0.3 is 4.74 Å². The first-order chi connectivity index (χ1) is 12.2. The van der Waals surface area contributed by atoms with Gasteiger partial charge in [0.15, 0.2) is 0 Å². The van der Waals surface area contributed by atoms with Gasteiger partial charge in [0.2, 0.25) is 17.7 Å². The molecule has 4 rings (SSSR count). The van der Waals surface area contributed by atoms with Crippen molar-refractivity contribution in [1.29, 1.82) is 0 Å². The molecule has 2 aromatic rings. The lowest BCUT2D eigenvalue weighted by Gasteiger charge is -2.17. The zero-order valence-corrected chi connectivity index (χ0v) is 13.9. The molecule has 2 heterocycles. The van der Waals surface area contributed by atoms with E-state index in [-0.39, 0.29) is 24.3 Å². The van der Waals surface area contributed by atoms with Gasteiger partial charge in [-0.1, -0.05) is 36.4 Å². The average molecular weight is 334 g/mol. The summed E-state index contributed by atoms with van der Waals surface area (Å²) >= 11 is 0. The molecule has 1 saturated heterocycles. The highest BCUT2D eigenvalue weighted by atomic mass is 16.5. The van der Waals surface area contributed by atoms with E-state index in [1.807, 2.05) is 49.4 Å². The predicted octanol–water partition coefficient (Wildman–Crippen LogP) is 3.10. The van der Waals surface area contributed by atoms with Crippen molar-refractivity contribution >= 4 is 23.4 Å². The normalized spacial score (nSPS) is 22.1. The van der Waals surface area contributed by atoms with Crippen molar-refractivity contribution in [1.82, 2.24) is 0 Å². The topological polar surface area (TPSA) is 59.0 Å². The van der Waals surface area contributed by atoms with Crippen LogP contribution in [0, 0.1) is 5.92 Å². The van der Waals surface area contributed by atoms with Crippen molar-refractivity contribution in [3.63, 3.8) is 0 Å². The van der Waals surface area contributed by atoms with Crippen molar-refractivity contribution in [2.75, 3.05) is 11.5 Å². The maximum absolute atomic E-state index is 13.0. The first-order valence-electron chi connectivity index (χ1n) is 8.42. The number of anilines is 1. The summed E-state index contributed by atoms with van der Waals surface area (Å²) in [5, 5.41) is 0. The molecular formula is C20H18N2O3. The van der Waals surface area contributed by atoms with Gasteiger partial charge in [-0.25, -0.2) is 4.99 Å². The molecule has 0 aliphatic carbocycles. The lowest BCUT2D eigenvalue weighted by molar-refractivity contribution is -0.122. The van der Waals surface area contributed by atoms with E-state index in [2.05, 4.69) is 4.99 Å². The van der Waals surface area contributed by atoms with Gasteiger partial charge in [-0.2, -0.15) is 0 Å². The van der Waals surface area contributed by atoms with E-state index < -0.39 is 5.92 Å². The molecule has 0 saturated carbocycles. The van der Waals surface area contributed by atoms with Crippen LogP contribution in [0.15, 0.2) is 59.6 Å². The Hall–Kier alpha value is -2.95. The number of fused-ring (bicyclic) bond motifs is 1. The second-order valence-corrected chi connectivity index (χ2v) is 6.11. The standard InChI is InChI=1S/C20H18N2O3/c1-2-25-19-15-11-7-6-10-14(15)18(21-19)16-12-17(23)22(20(16)24)13-8-4-3-5-9-13/h3-11,16,18H,2,12H2,1H3. The van der Waals surface area contributed by atoms with Crippen LogP contribution in [0.3, 0.4) is 0 Å². The largest absolute Gasteiger partial charge is 0.478 e. The van der Waals surface area contributed by atoms with Crippen LogP contribution in [0.5, 0.6) is 0 Å². The molecule has 0 radical (unpaired) electrons. The van der Waals surface area contributed by atoms with E-state index in [1.54, 1.807) is 12.1 Å². The number of rotatable bonds is 3. The Balaban J connectivity index is 1.69. The third kappa shape index (κ3) is 2.52. The molecule has 2 aliphatic heterocycles. The molecule has 25 heavy (non-hydrogen) atoms. The number of imide groups is 1. The van der Waals surface area contributed by atoms with Gasteiger partial charge in [0.1, 0.15) is 0 Å². The smallest absolute Gasteiger partial charge is 0.239 e. The van der Waals surface area contributed by atoms with Crippen LogP contribution < -0.4 is 4.90 Å². The Kier molecular flexibility index (Phi) is 3.84. The average Bonchev–Trinajstić information content (AvgIpc) is 3.14. The van der Waals surface area contributed by atoms with Crippen molar-refractivity contribution in [2.24, 2.45) is 10.9 Å². The zero-order chi connectivity index (χ0) is 17.4. The molecule has 2 aliphatic rings. The molecule has 0 N–H and O–H groups in total. The Morgan fingerprint density at radius 2 is 1.80 bits per heavy atom. The van der Waals surface area contributed by atoms with E-state index in [0.717, 1.165) is 11.1 Å². The van der Waals surface area contributed by atoms with Gasteiger partial charge in [-0.05, 0) is 30.7 Å².